The molecule has 0 fully saturated rings. The molecule has 29 heavy (non-hydrogen) atoms. The molecule has 0 spiro atoms. The van der Waals surface area contributed by atoms with Gasteiger partial charge in [0.1, 0.15) is 16.1 Å². The van der Waals surface area contributed by atoms with Gasteiger partial charge in [-0.05, 0) is 66.2 Å². The summed E-state index contributed by atoms with van der Waals surface area (Å²) < 4.78 is 18.1. The number of hydrogen-bond donors (Lipinski definition) is 0. The van der Waals surface area contributed by atoms with Crippen molar-refractivity contribution < 1.29 is 4.55 Å². The molecule has 3 rings (SSSR count). The van der Waals surface area contributed by atoms with Gasteiger partial charge in [0.25, 0.3) is 5.56 Å². The lowest BCUT2D eigenvalue weighted by atomic mass is 10.0. The molecule has 1 aromatic carbocycles. The lowest BCUT2D eigenvalue weighted by Gasteiger charge is -2.19. The quantitative estimate of drug-likeness (QED) is 0.459. The fourth-order valence-electron chi connectivity index (χ4n) is 3.05. The van der Waals surface area contributed by atoms with Crippen molar-refractivity contribution in [3.05, 3.63) is 44.3 Å². The van der Waals surface area contributed by atoms with Gasteiger partial charge >= 0.3 is 0 Å². The van der Waals surface area contributed by atoms with Crippen molar-refractivity contribution in [1.29, 1.82) is 0 Å². The van der Waals surface area contributed by atoms with Crippen molar-refractivity contribution in [2.45, 2.75) is 53.2 Å². The highest BCUT2D eigenvalue weighted by molar-refractivity contribution is 7.91. The lowest BCUT2D eigenvalue weighted by Crippen LogP contribution is -2.27. The van der Waals surface area contributed by atoms with Crippen LogP contribution in [0.15, 0.2) is 21.3 Å². The Morgan fingerprint density at radius 1 is 1.21 bits per heavy atom. The third kappa shape index (κ3) is 4.15. The highest BCUT2D eigenvalue weighted by Crippen LogP contribution is 2.29. The van der Waals surface area contributed by atoms with Crippen LogP contribution in [0.3, 0.4) is 0 Å². The summed E-state index contributed by atoms with van der Waals surface area (Å²) >= 11 is 0.118. The molecule has 0 aliphatic heterocycles. The first-order chi connectivity index (χ1) is 13.4. The monoisotopic (exact) mass is 430 g/mol. The average Bonchev–Trinajstić information content (AvgIpc) is 2.95. The predicted octanol–water partition coefficient (Wildman–Crippen LogP) is 4.25. The molecular formula is C21H26N4O2S2. The first-order valence-electron chi connectivity index (χ1n) is 9.33. The normalized spacial score (nSPS) is 13.9. The summed E-state index contributed by atoms with van der Waals surface area (Å²) in [6, 6.07) is 3.79. The number of aromatic nitrogens is 3. The van der Waals surface area contributed by atoms with Crippen LogP contribution in [-0.2, 0) is 18.4 Å². The van der Waals surface area contributed by atoms with E-state index in [2.05, 4.69) is 9.38 Å². The van der Waals surface area contributed by atoms with Crippen molar-refractivity contribution in [2.75, 3.05) is 0 Å². The van der Waals surface area contributed by atoms with Crippen molar-refractivity contribution in [3.8, 4) is 10.7 Å². The molecule has 8 heteroatoms. The minimum atomic E-state index is -1.40. The zero-order chi connectivity index (χ0) is 21.7. The van der Waals surface area contributed by atoms with E-state index in [0.29, 0.717) is 22.4 Å². The summed E-state index contributed by atoms with van der Waals surface area (Å²) in [6.07, 6.45) is 0. The Bertz CT molecular complexity index is 1190. The van der Waals surface area contributed by atoms with Gasteiger partial charge in [0.2, 0.25) is 0 Å². The summed E-state index contributed by atoms with van der Waals surface area (Å²) in [5.41, 5.74) is 3.57. The summed E-state index contributed by atoms with van der Waals surface area (Å²) in [7, 11) is 1.73. The van der Waals surface area contributed by atoms with Crippen LogP contribution in [0.4, 0.5) is 0 Å². The summed E-state index contributed by atoms with van der Waals surface area (Å²) in [4.78, 5) is 23.4. The van der Waals surface area contributed by atoms with Gasteiger partial charge in [-0.2, -0.15) is 0 Å². The Labute approximate surface area is 178 Å². The second-order valence-electron chi connectivity index (χ2n) is 8.19. The Kier molecular flexibility index (Phi) is 5.73. The van der Waals surface area contributed by atoms with E-state index in [1.54, 1.807) is 11.6 Å². The highest BCUT2D eigenvalue weighted by atomic mass is 32.2. The van der Waals surface area contributed by atoms with Crippen LogP contribution >= 0.6 is 11.3 Å². The second-order valence-corrected chi connectivity index (χ2v) is 11.3. The van der Waals surface area contributed by atoms with Gasteiger partial charge in [0, 0.05) is 12.6 Å². The van der Waals surface area contributed by atoms with E-state index < -0.39 is 16.1 Å². The van der Waals surface area contributed by atoms with Crippen LogP contribution in [0.25, 0.3) is 21.6 Å². The van der Waals surface area contributed by atoms with Gasteiger partial charge in [-0.25, -0.2) is 9.97 Å². The van der Waals surface area contributed by atoms with Gasteiger partial charge in [-0.3, -0.25) is 9.36 Å². The Hall–Kier alpha value is -2.03. The molecule has 0 radical (unpaired) electrons. The molecule has 3 aromatic rings. The Morgan fingerprint density at radius 3 is 2.41 bits per heavy atom. The minimum Gasteiger partial charge on any atom is -0.591 e. The zero-order valence-corrected chi connectivity index (χ0v) is 19.7. The van der Waals surface area contributed by atoms with Crippen LogP contribution in [0.5, 0.6) is 0 Å². The van der Waals surface area contributed by atoms with Crippen LogP contribution in [-0.4, -0.2) is 29.5 Å². The van der Waals surface area contributed by atoms with E-state index in [9.17, 15) is 9.35 Å². The van der Waals surface area contributed by atoms with Gasteiger partial charge in [0.05, 0.1) is 32.2 Å². The molecule has 1 atom stereocenters. The van der Waals surface area contributed by atoms with Crippen molar-refractivity contribution >= 4 is 39.3 Å². The molecule has 2 heterocycles. The first-order valence-corrected chi connectivity index (χ1v) is 11.3. The maximum Gasteiger partial charge on any atom is 0.261 e. The van der Waals surface area contributed by atoms with Gasteiger partial charge in [0.15, 0.2) is 5.82 Å². The molecule has 1 unspecified atom stereocenters. The third-order valence-electron chi connectivity index (χ3n) is 4.56. The van der Waals surface area contributed by atoms with Crippen LogP contribution < -0.4 is 5.56 Å². The summed E-state index contributed by atoms with van der Waals surface area (Å²) in [5.74, 6) is 0.584. The Balaban J connectivity index is 2.34. The SMILES string of the molecule is CC(=N[S+]([O-])C(C)(C)C)c1cc(C)cc2c(=O)n(C)c(-c3sc(C)nc3C)nc12. The van der Waals surface area contributed by atoms with E-state index in [4.69, 9.17) is 4.98 Å². The standard InChI is InChI=1S/C21H26N4O2S2/c1-11-9-15(12(2)24-29(27)21(5,6)7)17-16(10-11)20(26)25(8)19(23-17)18-13(3)22-14(4)28-18/h9-10H,1-8H3. The van der Waals surface area contributed by atoms with Gasteiger partial charge < -0.3 is 4.55 Å². The Morgan fingerprint density at radius 2 is 1.86 bits per heavy atom. The van der Waals surface area contributed by atoms with E-state index in [-0.39, 0.29) is 5.56 Å². The topological polar surface area (TPSA) is 83.2 Å². The maximum atomic E-state index is 13.2. The van der Waals surface area contributed by atoms with Crippen molar-refractivity contribution in [3.63, 3.8) is 0 Å². The zero-order valence-electron chi connectivity index (χ0n) is 18.1. The summed E-state index contributed by atoms with van der Waals surface area (Å²) in [5, 5.41) is 1.45. The van der Waals surface area contributed by atoms with E-state index in [1.165, 1.54) is 11.3 Å². The van der Waals surface area contributed by atoms with Gasteiger partial charge in [-0.15, -0.1) is 11.3 Å². The van der Waals surface area contributed by atoms with E-state index in [0.717, 1.165) is 26.7 Å². The van der Waals surface area contributed by atoms with E-state index in [1.807, 2.05) is 60.6 Å². The second kappa shape index (κ2) is 7.66. The highest BCUT2D eigenvalue weighted by Gasteiger charge is 2.27. The average molecular weight is 431 g/mol. The van der Waals surface area contributed by atoms with Crippen molar-refractivity contribution in [1.82, 2.24) is 14.5 Å². The number of hydrogen-bond acceptors (Lipinski definition) is 6. The molecule has 0 N–H and O–H groups in total. The molecule has 0 saturated carbocycles. The predicted molar refractivity (Wildman–Crippen MR) is 122 cm³/mol. The number of aryl methyl sites for hydroxylation is 3. The van der Waals surface area contributed by atoms with Crippen LogP contribution in [0, 0.1) is 20.8 Å². The summed E-state index contributed by atoms with van der Waals surface area (Å²) in [6.45, 7) is 13.3. The van der Waals surface area contributed by atoms with Gasteiger partial charge in [-0.1, -0.05) is 4.40 Å². The number of nitrogens with zero attached hydrogens (tertiary/aromatic N) is 4. The van der Waals surface area contributed by atoms with Crippen LogP contribution in [0.2, 0.25) is 0 Å². The molecule has 0 aliphatic carbocycles. The molecule has 154 valence electrons. The lowest BCUT2D eigenvalue weighted by molar-refractivity contribution is 0.561. The number of rotatable bonds is 3. The largest absolute Gasteiger partial charge is 0.591 e. The van der Waals surface area contributed by atoms with E-state index >= 15 is 0 Å². The first kappa shape index (κ1) is 21.7. The van der Waals surface area contributed by atoms with Crippen molar-refractivity contribution in [2.24, 2.45) is 11.4 Å². The molecule has 0 bridgehead atoms. The molecular weight excluding hydrogens is 404 g/mol. The number of fused-ring (bicyclic) bond motifs is 1. The number of benzene rings is 1. The molecule has 0 aliphatic rings. The maximum absolute atomic E-state index is 13.2. The number of thiazole rings is 1. The smallest absolute Gasteiger partial charge is 0.261 e. The third-order valence-corrected chi connectivity index (χ3v) is 7.12. The molecule has 2 aromatic heterocycles. The molecule has 0 saturated heterocycles. The minimum absolute atomic E-state index is 0.120. The molecule has 0 amide bonds. The fourth-order valence-corrected chi connectivity index (χ4v) is 4.61. The van der Waals surface area contributed by atoms with Crippen LogP contribution in [0.1, 0.15) is 49.5 Å². The molecule has 6 nitrogen and oxygen atoms in total. The fraction of sp³-hybridized carbons (Fsp3) is 0.429.